The number of hydrogen-bond donors (Lipinski definition) is 1. The summed E-state index contributed by atoms with van der Waals surface area (Å²) in [5.74, 6) is -0.115. The zero-order chi connectivity index (χ0) is 26.7. The number of aryl methyl sites for hydroxylation is 1. The van der Waals surface area contributed by atoms with Crippen molar-refractivity contribution in [2.75, 3.05) is 31.5 Å². The molecule has 194 valence electrons. The van der Waals surface area contributed by atoms with Crippen molar-refractivity contribution in [3.63, 3.8) is 0 Å². The van der Waals surface area contributed by atoms with Crippen LogP contribution in [-0.4, -0.2) is 46.4 Å². The van der Waals surface area contributed by atoms with Crippen molar-refractivity contribution >= 4 is 74.9 Å². The highest BCUT2D eigenvalue weighted by atomic mass is 79.9. The Kier molecular flexibility index (Phi) is 8.75. The van der Waals surface area contributed by atoms with Gasteiger partial charge in [0.1, 0.15) is 0 Å². The molecular weight excluding hydrogens is 638 g/mol. The summed E-state index contributed by atoms with van der Waals surface area (Å²) in [6.45, 7) is 3.37. The number of sulfonamides is 1. The lowest BCUT2D eigenvalue weighted by molar-refractivity contribution is 0.0954. The molecule has 6 nitrogen and oxygen atoms in total. The summed E-state index contributed by atoms with van der Waals surface area (Å²) in [5, 5.41) is 3.84. The Morgan fingerprint density at radius 2 is 1.57 bits per heavy atom. The van der Waals surface area contributed by atoms with Crippen molar-refractivity contribution in [3.8, 4) is 0 Å². The monoisotopic (exact) mass is 663 g/mol. The SMILES string of the molecule is Cc1c(C(=O)NCCN(C)C)sc2ccc(N(Cc3ccc(Br)cc3)S(=O)(=O)c3ccc(Br)cc3)cc12. The van der Waals surface area contributed by atoms with Gasteiger partial charge in [0, 0.05) is 26.7 Å². The van der Waals surface area contributed by atoms with Crippen LogP contribution in [0.25, 0.3) is 10.1 Å². The van der Waals surface area contributed by atoms with Gasteiger partial charge in [-0.25, -0.2) is 8.42 Å². The number of thiophene rings is 1. The molecule has 0 aliphatic rings. The van der Waals surface area contributed by atoms with Crippen LogP contribution in [-0.2, 0) is 16.6 Å². The molecule has 10 heteroatoms. The summed E-state index contributed by atoms with van der Waals surface area (Å²) in [6, 6.07) is 19.8. The highest BCUT2D eigenvalue weighted by Gasteiger charge is 2.26. The van der Waals surface area contributed by atoms with E-state index in [-0.39, 0.29) is 17.3 Å². The third-order valence-electron chi connectivity index (χ3n) is 5.90. The standard InChI is InChI=1S/C27H27Br2N3O3S2/c1-18-24-16-22(10-13-25(24)36-26(18)27(33)30-14-15-31(2)3)32(17-19-4-6-20(28)7-5-19)37(34,35)23-11-8-21(29)9-12-23/h4-13,16H,14-15,17H2,1-3H3,(H,30,33). The number of halogens is 2. The molecule has 0 radical (unpaired) electrons. The van der Waals surface area contributed by atoms with Crippen molar-refractivity contribution in [3.05, 3.63) is 91.7 Å². The molecule has 3 aromatic carbocycles. The van der Waals surface area contributed by atoms with Gasteiger partial charge in [-0.15, -0.1) is 11.3 Å². The lowest BCUT2D eigenvalue weighted by Crippen LogP contribution is -2.31. The number of carbonyl (C=O) groups excluding carboxylic acids is 1. The van der Waals surface area contributed by atoms with Crippen LogP contribution in [0.1, 0.15) is 20.8 Å². The fourth-order valence-electron chi connectivity index (χ4n) is 3.86. The first-order chi connectivity index (χ1) is 17.6. The van der Waals surface area contributed by atoms with Crippen LogP contribution in [0.4, 0.5) is 5.69 Å². The number of amides is 1. The molecule has 1 amide bonds. The molecule has 0 spiro atoms. The van der Waals surface area contributed by atoms with Crippen LogP contribution in [0.5, 0.6) is 0 Å². The third kappa shape index (κ3) is 6.43. The molecule has 1 heterocycles. The summed E-state index contributed by atoms with van der Waals surface area (Å²) in [4.78, 5) is 15.7. The molecule has 0 unspecified atom stereocenters. The smallest absolute Gasteiger partial charge is 0.264 e. The maximum Gasteiger partial charge on any atom is 0.264 e. The molecule has 0 atom stereocenters. The molecule has 0 saturated heterocycles. The van der Waals surface area contributed by atoms with Gasteiger partial charge in [-0.2, -0.15) is 0 Å². The Balaban J connectivity index is 1.75. The number of nitrogens with zero attached hydrogens (tertiary/aromatic N) is 2. The zero-order valence-corrected chi connectivity index (χ0v) is 25.5. The van der Waals surface area contributed by atoms with E-state index in [4.69, 9.17) is 0 Å². The van der Waals surface area contributed by atoms with E-state index < -0.39 is 10.0 Å². The van der Waals surface area contributed by atoms with E-state index in [0.29, 0.717) is 17.1 Å². The van der Waals surface area contributed by atoms with Gasteiger partial charge >= 0.3 is 0 Å². The van der Waals surface area contributed by atoms with Gasteiger partial charge in [0.15, 0.2) is 0 Å². The molecule has 0 aliphatic heterocycles. The van der Waals surface area contributed by atoms with Gasteiger partial charge in [0.2, 0.25) is 0 Å². The number of carbonyl (C=O) groups is 1. The van der Waals surface area contributed by atoms with E-state index in [1.807, 2.05) is 62.3 Å². The summed E-state index contributed by atoms with van der Waals surface area (Å²) >= 11 is 8.24. The topological polar surface area (TPSA) is 69.7 Å². The van der Waals surface area contributed by atoms with Crippen LogP contribution in [0, 0.1) is 6.92 Å². The fourth-order valence-corrected chi connectivity index (χ4v) is 6.94. The van der Waals surface area contributed by atoms with E-state index in [9.17, 15) is 13.2 Å². The van der Waals surface area contributed by atoms with Gasteiger partial charge in [-0.1, -0.05) is 44.0 Å². The second-order valence-corrected chi connectivity index (χ2v) is 13.6. The van der Waals surface area contributed by atoms with Crippen molar-refractivity contribution in [2.45, 2.75) is 18.4 Å². The number of benzene rings is 3. The first-order valence-corrected chi connectivity index (χ1v) is 15.4. The minimum absolute atomic E-state index is 0.115. The molecule has 1 N–H and O–H groups in total. The van der Waals surface area contributed by atoms with Gasteiger partial charge < -0.3 is 10.2 Å². The average molecular weight is 665 g/mol. The summed E-state index contributed by atoms with van der Waals surface area (Å²) < 4.78 is 31.8. The van der Waals surface area contributed by atoms with Gasteiger partial charge in [0.05, 0.1) is 22.0 Å². The summed E-state index contributed by atoms with van der Waals surface area (Å²) in [5.41, 5.74) is 2.24. The van der Waals surface area contributed by atoms with Crippen molar-refractivity contribution in [2.24, 2.45) is 0 Å². The van der Waals surface area contributed by atoms with Crippen LogP contribution >= 0.6 is 43.2 Å². The second-order valence-electron chi connectivity index (χ2n) is 8.89. The second kappa shape index (κ2) is 11.7. The maximum atomic E-state index is 13.9. The maximum absolute atomic E-state index is 13.9. The van der Waals surface area contributed by atoms with Crippen LogP contribution in [0.3, 0.4) is 0 Å². The number of hydrogen-bond acceptors (Lipinski definition) is 5. The Morgan fingerprint density at radius 3 is 2.19 bits per heavy atom. The first kappa shape index (κ1) is 27.8. The fraction of sp³-hybridized carbons (Fsp3) is 0.222. The molecule has 4 aromatic rings. The third-order valence-corrected chi connectivity index (χ3v) is 10.0. The molecule has 0 fully saturated rings. The molecule has 0 saturated carbocycles. The lowest BCUT2D eigenvalue weighted by Gasteiger charge is -2.25. The highest BCUT2D eigenvalue weighted by Crippen LogP contribution is 2.36. The largest absolute Gasteiger partial charge is 0.350 e. The molecule has 0 bridgehead atoms. The van der Waals surface area contributed by atoms with E-state index in [2.05, 4.69) is 37.2 Å². The predicted octanol–water partition coefficient (Wildman–Crippen LogP) is 6.42. The van der Waals surface area contributed by atoms with Crippen LogP contribution in [0.2, 0.25) is 0 Å². The van der Waals surface area contributed by atoms with Crippen molar-refractivity contribution < 1.29 is 13.2 Å². The predicted molar refractivity (Wildman–Crippen MR) is 159 cm³/mol. The normalized spacial score (nSPS) is 11.7. The molecular formula is C27H27Br2N3O3S2. The molecule has 1 aromatic heterocycles. The lowest BCUT2D eigenvalue weighted by atomic mass is 10.1. The Labute approximate surface area is 238 Å². The molecule has 4 rings (SSSR count). The number of rotatable bonds is 9. The Hall–Kier alpha value is -2.24. The number of likely N-dealkylation sites (N-methyl/N-ethyl adjacent to an activating group) is 1. The molecule has 37 heavy (non-hydrogen) atoms. The Bertz CT molecular complexity index is 1520. The van der Waals surface area contributed by atoms with Crippen LogP contribution < -0.4 is 9.62 Å². The van der Waals surface area contributed by atoms with Gasteiger partial charge in [-0.05, 0) is 92.1 Å². The first-order valence-electron chi connectivity index (χ1n) is 11.5. The van der Waals surface area contributed by atoms with Crippen molar-refractivity contribution in [1.82, 2.24) is 10.2 Å². The quantitative estimate of drug-likeness (QED) is 0.224. The number of nitrogens with one attached hydrogen (secondary N) is 1. The Morgan fingerprint density at radius 1 is 0.946 bits per heavy atom. The summed E-state index contributed by atoms with van der Waals surface area (Å²) in [7, 11) is 0.0480. The summed E-state index contributed by atoms with van der Waals surface area (Å²) in [6.07, 6.45) is 0. The molecule has 0 aliphatic carbocycles. The van der Waals surface area contributed by atoms with Gasteiger partial charge in [0.25, 0.3) is 15.9 Å². The minimum Gasteiger partial charge on any atom is -0.350 e. The van der Waals surface area contributed by atoms with E-state index >= 15 is 0 Å². The van der Waals surface area contributed by atoms with E-state index in [1.54, 1.807) is 30.3 Å². The van der Waals surface area contributed by atoms with E-state index in [0.717, 1.165) is 36.7 Å². The minimum atomic E-state index is -3.87. The van der Waals surface area contributed by atoms with Gasteiger partial charge in [-0.3, -0.25) is 9.10 Å². The van der Waals surface area contributed by atoms with Crippen LogP contribution in [0.15, 0.2) is 80.6 Å². The number of fused-ring (bicyclic) bond motifs is 1. The number of anilines is 1. The van der Waals surface area contributed by atoms with Crippen molar-refractivity contribution in [1.29, 1.82) is 0 Å². The zero-order valence-electron chi connectivity index (χ0n) is 20.7. The van der Waals surface area contributed by atoms with E-state index in [1.165, 1.54) is 15.6 Å². The highest BCUT2D eigenvalue weighted by molar-refractivity contribution is 9.10. The average Bonchev–Trinajstić information content (AvgIpc) is 3.19.